The lowest BCUT2D eigenvalue weighted by atomic mass is 10.1. The number of aliphatic hydroxyl groups is 2. The number of rotatable bonds is 5. The van der Waals surface area contributed by atoms with Gasteiger partial charge in [-0.25, -0.2) is 10.3 Å². The number of anilines is 1. The molecule has 0 saturated carbocycles. The van der Waals surface area contributed by atoms with Crippen LogP contribution in [-0.4, -0.2) is 39.4 Å². The van der Waals surface area contributed by atoms with Crippen LogP contribution in [0.2, 0.25) is 10.0 Å². The number of hydrazone groups is 1. The Morgan fingerprint density at radius 1 is 1.27 bits per heavy atom. The number of carbonyl (C=O) groups excluding carboxylic acids is 1. The maximum atomic E-state index is 11.9. The van der Waals surface area contributed by atoms with Crippen LogP contribution in [0.1, 0.15) is 25.3 Å². The minimum absolute atomic E-state index is 0.0219. The lowest BCUT2D eigenvalue weighted by Crippen LogP contribution is -2.58. The summed E-state index contributed by atoms with van der Waals surface area (Å²) >= 11 is 12.6. The van der Waals surface area contributed by atoms with E-state index in [9.17, 15) is 19.8 Å². The van der Waals surface area contributed by atoms with Gasteiger partial charge in [0.25, 0.3) is 11.5 Å². The molecule has 2 atom stereocenters. The predicted molar refractivity (Wildman–Crippen MR) is 112 cm³/mol. The van der Waals surface area contributed by atoms with Gasteiger partial charge < -0.3 is 25.7 Å². The van der Waals surface area contributed by atoms with Crippen molar-refractivity contribution in [2.45, 2.75) is 32.3 Å². The molecule has 2 heterocycles. The van der Waals surface area contributed by atoms with Gasteiger partial charge in [-0.3, -0.25) is 9.59 Å². The smallest absolute Gasteiger partial charge is 0.269 e. The first-order chi connectivity index (χ1) is 14.1. The van der Waals surface area contributed by atoms with E-state index in [4.69, 9.17) is 33.7 Å². The number of amides is 1. The van der Waals surface area contributed by atoms with Gasteiger partial charge in [-0.2, -0.15) is 5.10 Å². The number of aliphatic hydroxyl groups excluding tert-OH is 2. The van der Waals surface area contributed by atoms with Crippen molar-refractivity contribution in [2.24, 2.45) is 10.8 Å². The molecule has 0 radical (unpaired) electrons. The number of H-pyrrole nitrogens is 1. The molecule has 2 unspecified atom stereocenters. The average molecular weight is 456 g/mol. The van der Waals surface area contributed by atoms with Crippen LogP contribution < -0.4 is 26.4 Å². The fourth-order valence-electron chi connectivity index (χ4n) is 2.76. The van der Waals surface area contributed by atoms with Crippen LogP contribution in [-0.2, 0) is 4.79 Å². The monoisotopic (exact) mass is 455 g/mol. The second kappa shape index (κ2) is 8.62. The Kier molecular flexibility index (Phi) is 6.34. The molecule has 10 nitrogen and oxygen atoms in total. The van der Waals surface area contributed by atoms with E-state index in [1.165, 1.54) is 18.3 Å². The Morgan fingerprint density at radius 3 is 2.47 bits per heavy atom. The third-order valence-corrected chi connectivity index (χ3v) is 4.82. The molecular formula is C18H19Cl2N5O5. The van der Waals surface area contributed by atoms with E-state index in [1.807, 2.05) is 13.8 Å². The van der Waals surface area contributed by atoms with E-state index < -0.39 is 24.2 Å². The molecule has 0 saturated heterocycles. The van der Waals surface area contributed by atoms with Crippen molar-refractivity contribution in [3.8, 4) is 11.5 Å². The zero-order valence-electron chi connectivity index (χ0n) is 15.9. The zero-order valence-corrected chi connectivity index (χ0v) is 17.4. The molecular weight excluding hydrogens is 437 g/mol. The van der Waals surface area contributed by atoms with Gasteiger partial charge in [0.05, 0.1) is 15.7 Å². The molecule has 12 heteroatoms. The van der Waals surface area contributed by atoms with Crippen molar-refractivity contribution in [2.75, 3.05) is 5.01 Å². The Morgan fingerprint density at radius 2 is 1.90 bits per heavy atom. The first-order valence-electron chi connectivity index (χ1n) is 8.77. The maximum absolute atomic E-state index is 11.9. The highest BCUT2D eigenvalue weighted by atomic mass is 35.5. The van der Waals surface area contributed by atoms with Crippen LogP contribution in [0.25, 0.3) is 0 Å². The molecule has 2 aromatic rings. The second-order valence-corrected chi connectivity index (χ2v) is 7.57. The largest absolute Gasteiger partial charge is 0.453 e. The van der Waals surface area contributed by atoms with E-state index in [1.54, 1.807) is 6.07 Å². The molecule has 3 rings (SSSR count). The molecule has 30 heavy (non-hydrogen) atoms. The van der Waals surface area contributed by atoms with Gasteiger partial charge in [0.1, 0.15) is 5.75 Å². The normalized spacial score (nSPS) is 19.0. The van der Waals surface area contributed by atoms with Crippen LogP contribution in [0.3, 0.4) is 0 Å². The van der Waals surface area contributed by atoms with Crippen LogP contribution in [0.5, 0.6) is 11.5 Å². The molecule has 0 aliphatic carbocycles. The molecule has 0 spiro atoms. The highest BCUT2D eigenvalue weighted by Crippen LogP contribution is 2.40. The van der Waals surface area contributed by atoms with E-state index >= 15 is 0 Å². The first-order valence-corrected chi connectivity index (χ1v) is 9.53. The SMILES string of the molecule is CC(C)c1cc(Oc2c(Cl)cc(N3N=C(C(N)=O)C(O)NC3O)cc2Cl)c[nH]c1=O. The Bertz CT molecular complexity index is 1050. The number of nitrogens with one attached hydrogen (secondary N) is 2. The highest BCUT2D eigenvalue weighted by Gasteiger charge is 2.32. The summed E-state index contributed by atoms with van der Waals surface area (Å²) in [5.41, 5.74) is 5.29. The Balaban J connectivity index is 1.96. The van der Waals surface area contributed by atoms with Crippen molar-refractivity contribution < 1.29 is 19.7 Å². The second-order valence-electron chi connectivity index (χ2n) is 6.75. The van der Waals surface area contributed by atoms with Gasteiger partial charge >= 0.3 is 0 Å². The average Bonchev–Trinajstić information content (AvgIpc) is 2.65. The van der Waals surface area contributed by atoms with Gasteiger partial charge in [0.15, 0.2) is 17.7 Å². The van der Waals surface area contributed by atoms with Crippen LogP contribution in [0.4, 0.5) is 5.69 Å². The summed E-state index contributed by atoms with van der Waals surface area (Å²) in [7, 11) is 0. The number of hydrogen-bond acceptors (Lipinski definition) is 8. The summed E-state index contributed by atoms with van der Waals surface area (Å²) in [6.45, 7) is 3.75. The zero-order chi connectivity index (χ0) is 22.2. The lowest BCUT2D eigenvalue weighted by molar-refractivity contribution is -0.112. The number of carbonyl (C=O) groups is 1. The quantitative estimate of drug-likeness (QED) is 0.456. The van der Waals surface area contributed by atoms with Gasteiger partial charge in [-0.05, 0) is 24.1 Å². The Hall–Kier alpha value is -2.63. The van der Waals surface area contributed by atoms with E-state index in [2.05, 4.69) is 15.4 Å². The van der Waals surface area contributed by atoms with Crippen LogP contribution >= 0.6 is 23.2 Å². The topological polar surface area (TPSA) is 153 Å². The molecule has 1 aliphatic rings. The number of pyridine rings is 1. The number of aromatic amines is 1. The number of primary amides is 1. The van der Waals surface area contributed by atoms with E-state index in [0.29, 0.717) is 11.3 Å². The molecule has 0 bridgehead atoms. The lowest BCUT2D eigenvalue weighted by Gasteiger charge is -2.33. The molecule has 0 fully saturated rings. The first kappa shape index (κ1) is 22.1. The standard InChI is InChI=1S/C18H19Cl2N5O5/c1-7(2)10-5-9(6-22-16(10)27)30-14-11(19)3-8(4-12(14)20)25-18(29)23-17(28)13(24-25)15(21)26/h3-7,17-18,23,28-29H,1-2H3,(H2,21,26)(H,22,27). The molecule has 1 aromatic carbocycles. The summed E-state index contributed by atoms with van der Waals surface area (Å²) in [6.07, 6.45) is -1.62. The number of aromatic nitrogens is 1. The molecule has 1 aliphatic heterocycles. The number of halogens is 2. The van der Waals surface area contributed by atoms with Gasteiger partial charge in [-0.1, -0.05) is 37.0 Å². The van der Waals surface area contributed by atoms with Crippen molar-refractivity contribution in [1.82, 2.24) is 10.3 Å². The van der Waals surface area contributed by atoms with Gasteiger partial charge in [-0.15, -0.1) is 0 Å². The third kappa shape index (κ3) is 4.42. The number of hydrogen-bond donors (Lipinski definition) is 5. The fraction of sp³-hybridized carbons (Fsp3) is 0.278. The summed E-state index contributed by atoms with van der Waals surface area (Å²) in [5, 5.41) is 27.2. The van der Waals surface area contributed by atoms with E-state index in [0.717, 1.165) is 5.01 Å². The summed E-state index contributed by atoms with van der Waals surface area (Å²) < 4.78 is 5.75. The van der Waals surface area contributed by atoms with Crippen molar-refractivity contribution in [1.29, 1.82) is 0 Å². The van der Waals surface area contributed by atoms with Crippen LogP contribution in [0.15, 0.2) is 34.3 Å². The summed E-state index contributed by atoms with van der Waals surface area (Å²) in [5.74, 6) is -0.552. The molecule has 1 amide bonds. The minimum atomic E-state index is -1.53. The predicted octanol–water partition coefficient (Wildman–Crippen LogP) is 1.44. The van der Waals surface area contributed by atoms with Crippen molar-refractivity contribution in [3.63, 3.8) is 0 Å². The maximum Gasteiger partial charge on any atom is 0.269 e. The summed E-state index contributed by atoms with van der Waals surface area (Å²) in [4.78, 5) is 25.9. The number of nitrogens with two attached hydrogens (primary N) is 1. The summed E-state index contributed by atoms with van der Waals surface area (Å²) in [6, 6.07) is 4.37. The third-order valence-electron chi connectivity index (χ3n) is 4.26. The van der Waals surface area contributed by atoms with Gasteiger partial charge in [0.2, 0.25) is 6.35 Å². The van der Waals surface area contributed by atoms with E-state index in [-0.39, 0.29) is 33.0 Å². The van der Waals surface area contributed by atoms with Crippen LogP contribution in [0, 0.1) is 0 Å². The Labute approximate surface area is 180 Å². The molecule has 1 aromatic heterocycles. The minimum Gasteiger partial charge on any atom is -0.453 e. The number of ether oxygens (including phenoxy) is 1. The van der Waals surface area contributed by atoms with Gasteiger partial charge in [0, 0.05) is 11.8 Å². The van der Waals surface area contributed by atoms with Crippen molar-refractivity contribution in [3.05, 3.63) is 50.4 Å². The number of nitrogens with zero attached hydrogens (tertiary/aromatic N) is 2. The molecule has 160 valence electrons. The molecule has 6 N–H and O–H groups in total. The van der Waals surface area contributed by atoms with Crippen molar-refractivity contribution >= 4 is 40.5 Å². The highest BCUT2D eigenvalue weighted by molar-refractivity contribution is 6.40. The fourth-order valence-corrected chi connectivity index (χ4v) is 3.31. The number of benzene rings is 1.